The fraction of sp³-hybridized carbons (Fsp3) is 0.462. The fourth-order valence-corrected chi connectivity index (χ4v) is 4.41. The zero-order valence-corrected chi connectivity index (χ0v) is 18.6. The minimum Gasteiger partial charge on any atom is -0.352 e. The molecule has 5 heteroatoms. The van der Waals surface area contributed by atoms with Gasteiger partial charge in [-0.05, 0) is 57.1 Å². The van der Waals surface area contributed by atoms with Crippen molar-refractivity contribution in [1.82, 2.24) is 10.2 Å². The van der Waals surface area contributed by atoms with E-state index < -0.39 is 0 Å². The van der Waals surface area contributed by atoms with E-state index in [1.807, 2.05) is 4.90 Å². The van der Waals surface area contributed by atoms with E-state index in [1.54, 1.807) is 18.2 Å². The van der Waals surface area contributed by atoms with Crippen molar-refractivity contribution in [3.8, 4) is 0 Å². The quantitative estimate of drug-likeness (QED) is 0.667. The molecular weight excluding hydrogens is 391 g/mol. The number of likely N-dealkylation sites (tertiary alicyclic amines) is 1. The van der Waals surface area contributed by atoms with Gasteiger partial charge < -0.3 is 10.2 Å². The van der Waals surface area contributed by atoms with Gasteiger partial charge in [-0.3, -0.25) is 9.59 Å². The zero-order valence-electron chi connectivity index (χ0n) is 18.6. The van der Waals surface area contributed by atoms with Crippen molar-refractivity contribution < 1.29 is 14.0 Å². The summed E-state index contributed by atoms with van der Waals surface area (Å²) >= 11 is 0. The van der Waals surface area contributed by atoms with Gasteiger partial charge >= 0.3 is 0 Å². The molecule has 2 aromatic rings. The van der Waals surface area contributed by atoms with Crippen LogP contribution in [0.1, 0.15) is 54.4 Å². The van der Waals surface area contributed by atoms with Crippen molar-refractivity contribution in [3.63, 3.8) is 0 Å². The van der Waals surface area contributed by atoms with Gasteiger partial charge in [-0.15, -0.1) is 0 Å². The van der Waals surface area contributed by atoms with Gasteiger partial charge in [-0.25, -0.2) is 4.39 Å². The summed E-state index contributed by atoms with van der Waals surface area (Å²) in [4.78, 5) is 26.9. The van der Waals surface area contributed by atoms with E-state index in [-0.39, 0.29) is 24.2 Å². The summed E-state index contributed by atoms with van der Waals surface area (Å²) in [5.74, 6) is 0.178. The van der Waals surface area contributed by atoms with Gasteiger partial charge in [0.2, 0.25) is 11.8 Å². The Hall–Kier alpha value is -2.69. The Morgan fingerprint density at radius 2 is 1.84 bits per heavy atom. The minimum absolute atomic E-state index is 0.0680. The summed E-state index contributed by atoms with van der Waals surface area (Å²) in [6.45, 7) is 5.91. The average Bonchev–Trinajstić information content (AvgIpc) is 2.75. The van der Waals surface area contributed by atoms with Gasteiger partial charge in [0.05, 0.1) is 0 Å². The highest BCUT2D eigenvalue weighted by atomic mass is 19.1. The van der Waals surface area contributed by atoms with E-state index in [0.717, 1.165) is 38.8 Å². The number of aryl methyl sites for hydroxylation is 3. The molecule has 0 aliphatic carbocycles. The second kappa shape index (κ2) is 11.1. The molecular formula is C26H33FN2O2. The summed E-state index contributed by atoms with van der Waals surface area (Å²) in [6.07, 6.45) is 4.48. The first kappa shape index (κ1) is 23.0. The Bertz CT molecular complexity index is 892. The van der Waals surface area contributed by atoms with Crippen molar-refractivity contribution in [2.45, 2.75) is 58.9 Å². The smallest absolute Gasteiger partial charge is 0.222 e. The van der Waals surface area contributed by atoms with Crippen molar-refractivity contribution in [1.29, 1.82) is 0 Å². The number of carbonyl (C=O) groups excluding carboxylic acids is 2. The normalized spacial score (nSPS) is 16.2. The predicted molar refractivity (Wildman–Crippen MR) is 121 cm³/mol. The first-order chi connectivity index (χ1) is 14.9. The Kier molecular flexibility index (Phi) is 8.21. The van der Waals surface area contributed by atoms with E-state index in [2.05, 4.69) is 37.4 Å². The molecule has 0 saturated carbocycles. The first-order valence-electron chi connectivity index (χ1n) is 11.3. The molecule has 0 aromatic heterocycles. The first-order valence-corrected chi connectivity index (χ1v) is 11.3. The van der Waals surface area contributed by atoms with Crippen LogP contribution in [0, 0.1) is 25.6 Å². The predicted octanol–water partition coefficient (Wildman–Crippen LogP) is 4.71. The summed E-state index contributed by atoms with van der Waals surface area (Å²) in [5, 5.41) is 2.80. The number of piperidine rings is 1. The number of amides is 2. The van der Waals surface area contributed by atoms with Gasteiger partial charge in [-0.2, -0.15) is 0 Å². The summed E-state index contributed by atoms with van der Waals surface area (Å²) < 4.78 is 13.7. The number of rotatable bonds is 8. The van der Waals surface area contributed by atoms with Crippen molar-refractivity contribution >= 4 is 11.8 Å². The number of halogens is 1. The van der Waals surface area contributed by atoms with Gasteiger partial charge in [0.15, 0.2) is 0 Å². The molecule has 0 radical (unpaired) electrons. The third-order valence-electron chi connectivity index (χ3n) is 5.99. The van der Waals surface area contributed by atoms with Crippen LogP contribution in [-0.4, -0.2) is 29.8 Å². The fourth-order valence-electron chi connectivity index (χ4n) is 4.41. The van der Waals surface area contributed by atoms with Crippen molar-refractivity contribution in [2.24, 2.45) is 5.92 Å². The molecule has 166 valence electrons. The molecule has 1 aliphatic rings. The van der Waals surface area contributed by atoms with Crippen molar-refractivity contribution in [2.75, 3.05) is 13.1 Å². The Balaban J connectivity index is 1.40. The van der Waals surface area contributed by atoms with Gasteiger partial charge in [-0.1, -0.05) is 47.5 Å². The van der Waals surface area contributed by atoms with Crippen LogP contribution < -0.4 is 5.32 Å². The van der Waals surface area contributed by atoms with E-state index in [1.165, 1.54) is 22.8 Å². The number of hydrogen-bond donors (Lipinski definition) is 1. The molecule has 2 amide bonds. The number of nitrogens with zero attached hydrogens (tertiary/aromatic N) is 1. The lowest BCUT2D eigenvalue weighted by Crippen LogP contribution is -2.40. The molecule has 1 fully saturated rings. The average molecular weight is 425 g/mol. The second-order valence-corrected chi connectivity index (χ2v) is 8.75. The van der Waals surface area contributed by atoms with Crippen LogP contribution in [0.25, 0.3) is 0 Å². The molecule has 1 saturated heterocycles. The maximum absolute atomic E-state index is 13.7. The van der Waals surface area contributed by atoms with Crippen LogP contribution in [0.4, 0.5) is 4.39 Å². The molecule has 2 aromatic carbocycles. The van der Waals surface area contributed by atoms with Gasteiger partial charge in [0.1, 0.15) is 5.82 Å². The van der Waals surface area contributed by atoms with E-state index in [4.69, 9.17) is 0 Å². The molecule has 1 aliphatic heterocycles. The maximum atomic E-state index is 13.7. The molecule has 1 unspecified atom stereocenters. The highest BCUT2D eigenvalue weighted by Gasteiger charge is 2.24. The molecule has 1 heterocycles. The molecule has 0 spiro atoms. The number of hydrogen-bond acceptors (Lipinski definition) is 2. The number of carbonyl (C=O) groups is 2. The lowest BCUT2D eigenvalue weighted by atomic mass is 9.92. The van der Waals surface area contributed by atoms with E-state index >= 15 is 0 Å². The molecule has 3 rings (SSSR count). The third kappa shape index (κ3) is 7.20. The highest BCUT2D eigenvalue weighted by Crippen LogP contribution is 2.22. The van der Waals surface area contributed by atoms with E-state index in [0.29, 0.717) is 24.3 Å². The van der Waals surface area contributed by atoms with Crippen LogP contribution in [0.5, 0.6) is 0 Å². The Labute approximate surface area is 184 Å². The van der Waals surface area contributed by atoms with Crippen LogP contribution in [0.2, 0.25) is 0 Å². The molecule has 31 heavy (non-hydrogen) atoms. The summed E-state index contributed by atoms with van der Waals surface area (Å²) in [5.41, 5.74) is 4.17. The van der Waals surface area contributed by atoms with Crippen LogP contribution in [-0.2, 0) is 22.6 Å². The van der Waals surface area contributed by atoms with Crippen molar-refractivity contribution in [3.05, 3.63) is 70.5 Å². The molecule has 4 nitrogen and oxygen atoms in total. The molecule has 1 atom stereocenters. The van der Waals surface area contributed by atoms with Gasteiger partial charge in [0, 0.05) is 38.0 Å². The lowest BCUT2D eigenvalue weighted by Gasteiger charge is -2.33. The lowest BCUT2D eigenvalue weighted by molar-refractivity contribution is -0.133. The highest BCUT2D eigenvalue weighted by molar-refractivity contribution is 5.77. The Morgan fingerprint density at radius 3 is 2.58 bits per heavy atom. The van der Waals surface area contributed by atoms with Crippen LogP contribution in [0.3, 0.4) is 0 Å². The maximum Gasteiger partial charge on any atom is 0.222 e. The number of benzene rings is 2. The molecule has 0 bridgehead atoms. The second-order valence-electron chi connectivity index (χ2n) is 8.75. The van der Waals surface area contributed by atoms with Crippen LogP contribution in [0.15, 0.2) is 42.5 Å². The van der Waals surface area contributed by atoms with Gasteiger partial charge in [0.25, 0.3) is 0 Å². The van der Waals surface area contributed by atoms with E-state index in [9.17, 15) is 14.0 Å². The summed E-state index contributed by atoms with van der Waals surface area (Å²) in [6, 6.07) is 12.9. The van der Waals surface area contributed by atoms with Crippen LogP contribution >= 0.6 is 0 Å². The minimum atomic E-state index is -0.301. The standard InChI is InChI=1S/C26H33FN2O2/c1-19-14-20(2)16-22(15-19)10-12-26(31)29-13-5-6-21(18-29)9-11-25(30)28-17-23-7-3-4-8-24(23)27/h3-4,7-8,14-16,21H,5-6,9-13,17-18H2,1-2H3,(H,28,30). The SMILES string of the molecule is Cc1cc(C)cc(CCC(=O)N2CCCC(CCC(=O)NCc3ccccc3F)C2)c1. The monoisotopic (exact) mass is 424 g/mol. The third-order valence-corrected chi connectivity index (χ3v) is 5.99. The Morgan fingerprint density at radius 1 is 1.10 bits per heavy atom. The summed E-state index contributed by atoms with van der Waals surface area (Å²) in [7, 11) is 0. The largest absolute Gasteiger partial charge is 0.352 e. The number of nitrogens with one attached hydrogen (secondary N) is 1. The zero-order chi connectivity index (χ0) is 22.2. The topological polar surface area (TPSA) is 49.4 Å². The molecule has 1 N–H and O–H groups in total.